The summed E-state index contributed by atoms with van der Waals surface area (Å²) in [7, 11) is 0. The predicted octanol–water partition coefficient (Wildman–Crippen LogP) is 1.56. The molecule has 0 fully saturated rings. The number of carbonyl (C=O) groups is 1. The molecule has 1 aromatic rings. The fraction of sp³-hybridized carbons (Fsp3) is 0. The van der Waals surface area contributed by atoms with Gasteiger partial charge in [-0.1, -0.05) is 0 Å². The van der Waals surface area contributed by atoms with Crippen LogP contribution in [0.2, 0.25) is 0 Å². The molecule has 0 aliphatic heterocycles. The minimum Gasteiger partial charge on any atom is -0.296 e. The molecule has 62 valence electrons. The molecular weight excluding hydrogens is 228 g/mol. The maximum atomic E-state index is 10.3. The highest BCUT2D eigenvalue weighted by Crippen LogP contribution is 2.16. The Kier molecular flexibility index (Phi) is 2.49. The van der Waals surface area contributed by atoms with Gasteiger partial charge in [-0.25, -0.2) is 4.98 Å². The van der Waals surface area contributed by atoms with E-state index in [9.17, 15) is 14.9 Å². The lowest BCUT2D eigenvalue weighted by Crippen LogP contribution is -1.93. The van der Waals surface area contributed by atoms with Crippen LogP contribution in [0.4, 0.5) is 5.69 Å². The van der Waals surface area contributed by atoms with Crippen molar-refractivity contribution in [2.45, 2.75) is 0 Å². The molecule has 0 N–H and O–H groups in total. The van der Waals surface area contributed by atoms with E-state index in [-0.39, 0.29) is 16.0 Å². The number of nitrogens with zero attached hydrogens (tertiary/aromatic N) is 2. The maximum Gasteiger partial charge on any atom is 0.274 e. The van der Waals surface area contributed by atoms with Crippen LogP contribution in [0, 0.1) is 10.1 Å². The Labute approximate surface area is 75.7 Å². The van der Waals surface area contributed by atoms with Gasteiger partial charge >= 0.3 is 0 Å². The zero-order valence-corrected chi connectivity index (χ0v) is 7.32. The van der Waals surface area contributed by atoms with Crippen molar-refractivity contribution in [3.8, 4) is 0 Å². The van der Waals surface area contributed by atoms with Gasteiger partial charge in [0, 0.05) is 12.1 Å². The zero-order chi connectivity index (χ0) is 9.14. The summed E-state index contributed by atoms with van der Waals surface area (Å²) in [5, 5.41) is 10.3. The van der Waals surface area contributed by atoms with Gasteiger partial charge < -0.3 is 0 Å². The van der Waals surface area contributed by atoms with Crippen LogP contribution in [0.5, 0.6) is 0 Å². The molecule has 1 rings (SSSR count). The predicted molar refractivity (Wildman–Crippen MR) is 44.0 cm³/mol. The molecule has 0 aliphatic carbocycles. The van der Waals surface area contributed by atoms with Gasteiger partial charge in [0.2, 0.25) is 0 Å². The summed E-state index contributed by atoms with van der Waals surface area (Å²) >= 11 is 2.95. The molecular formula is C6H3BrN2O3. The molecule has 1 aromatic heterocycles. The summed E-state index contributed by atoms with van der Waals surface area (Å²) < 4.78 is 0.277. The van der Waals surface area contributed by atoms with Crippen molar-refractivity contribution in [3.05, 3.63) is 32.5 Å². The van der Waals surface area contributed by atoms with Gasteiger partial charge in [0.25, 0.3) is 5.69 Å². The highest BCUT2D eigenvalue weighted by atomic mass is 79.9. The van der Waals surface area contributed by atoms with Gasteiger partial charge in [0.1, 0.15) is 10.3 Å². The number of pyridine rings is 1. The van der Waals surface area contributed by atoms with Crippen LogP contribution < -0.4 is 0 Å². The topological polar surface area (TPSA) is 73.1 Å². The van der Waals surface area contributed by atoms with Crippen molar-refractivity contribution < 1.29 is 9.72 Å². The Morgan fingerprint density at radius 3 is 2.75 bits per heavy atom. The molecule has 0 amide bonds. The van der Waals surface area contributed by atoms with E-state index in [0.717, 1.165) is 6.07 Å². The lowest BCUT2D eigenvalue weighted by Gasteiger charge is -1.93. The Morgan fingerprint density at radius 1 is 1.58 bits per heavy atom. The van der Waals surface area contributed by atoms with Gasteiger partial charge in [-0.2, -0.15) is 0 Å². The molecule has 12 heavy (non-hydrogen) atoms. The Hall–Kier alpha value is -1.30. The molecule has 0 aromatic carbocycles. The second kappa shape index (κ2) is 3.40. The fourth-order valence-corrected chi connectivity index (χ4v) is 1.11. The first kappa shape index (κ1) is 8.79. The quantitative estimate of drug-likeness (QED) is 0.335. The first-order valence-electron chi connectivity index (χ1n) is 2.90. The van der Waals surface area contributed by atoms with E-state index in [0.29, 0.717) is 6.29 Å². The third-order valence-corrected chi connectivity index (χ3v) is 1.54. The minimum absolute atomic E-state index is 0.0380. The summed E-state index contributed by atoms with van der Waals surface area (Å²) in [4.78, 5) is 23.6. The van der Waals surface area contributed by atoms with E-state index in [1.165, 1.54) is 6.07 Å². The molecule has 0 unspecified atom stereocenters. The van der Waals surface area contributed by atoms with E-state index in [1.807, 2.05) is 0 Å². The molecule has 0 aliphatic rings. The average molecular weight is 231 g/mol. The summed E-state index contributed by atoms with van der Waals surface area (Å²) in [6, 6.07) is 2.34. The standard InChI is InChI=1S/C6H3BrN2O3/c7-6-2-5(9(11)12)1-4(3-10)8-6/h1-3H. The van der Waals surface area contributed by atoms with Gasteiger partial charge in [0.15, 0.2) is 6.29 Å². The van der Waals surface area contributed by atoms with Crippen molar-refractivity contribution in [1.29, 1.82) is 0 Å². The third-order valence-electron chi connectivity index (χ3n) is 1.13. The number of rotatable bonds is 2. The van der Waals surface area contributed by atoms with Crippen LogP contribution in [0.1, 0.15) is 10.5 Å². The molecule has 0 spiro atoms. The first-order chi connectivity index (χ1) is 5.63. The van der Waals surface area contributed by atoms with E-state index in [4.69, 9.17) is 0 Å². The highest BCUT2D eigenvalue weighted by molar-refractivity contribution is 9.10. The van der Waals surface area contributed by atoms with Gasteiger partial charge in [-0.15, -0.1) is 0 Å². The first-order valence-corrected chi connectivity index (χ1v) is 3.70. The summed E-state index contributed by atoms with van der Waals surface area (Å²) in [5.74, 6) is 0. The minimum atomic E-state index is -0.584. The third kappa shape index (κ3) is 1.85. The smallest absolute Gasteiger partial charge is 0.274 e. The number of aldehydes is 1. The Morgan fingerprint density at radius 2 is 2.25 bits per heavy atom. The summed E-state index contributed by atoms with van der Waals surface area (Å²) in [5.41, 5.74) is -0.116. The van der Waals surface area contributed by atoms with Gasteiger partial charge in [0.05, 0.1) is 4.92 Å². The monoisotopic (exact) mass is 230 g/mol. The number of hydrogen-bond acceptors (Lipinski definition) is 4. The lowest BCUT2D eigenvalue weighted by atomic mass is 10.3. The normalized spacial score (nSPS) is 9.42. The fourth-order valence-electron chi connectivity index (χ4n) is 0.669. The van der Waals surface area contributed by atoms with Gasteiger partial charge in [-0.3, -0.25) is 14.9 Å². The molecule has 5 nitrogen and oxygen atoms in total. The van der Waals surface area contributed by atoms with Crippen LogP contribution in [0.15, 0.2) is 16.7 Å². The van der Waals surface area contributed by atoms with Crippen molar-refractivity contribution in [1.82, 2.24) is 4.98 Å². The number of nitro groups is 1. The van der Waals surface area contributed by atoms with E-state index in [1.54, 1.807) is 0 Å². The van der Waals surface area contributed by atoms with Crippen molar-refractivity contribution in [2.75, 3.05) is 0 Å². The van der Waals surface area contributed by atoms with Gasteiger partial charge in [-0.05, 0) is 15.9 Å². The van der Waals surface area contributed by atoms with Crippen LogP contribution in [-0.4, -0.2) is 16.2 Å². The van der Waals surface area contributed by atoms with E-state index >= 15 is 0 Å². The molecule has 0 atom stereocenters. The molecule has 0 bridgehead atoms. The van der Waals surface area contributed by atoms with Crippen LogP contribution in [0.3, 0.4) is 0 Å². The second-order valence-corrected chi connectivity index (χ2v) is 2.76. The number of hydrogen-bond donors (Lipinski definition) is 0. The number of halogens is 1. The second-order valence-electron chi connectivity index (χ2n) is 1.95. The number of aromatic nitrogens is 1. The average Bonchev–Trinajstić information content (AvgIpc) is 2.03. The lowest BCUT2D eigenvalue weighted by molar-refractivity contribution is -0.385. The van der Waals surface area contributed by atoms with Crippen molar-refractivity contribution in [3.63, 3.8) is 0 Å². The van der Waals surface area contributed by atoms with Crippen LogP contribution >= 0.6 is 15.9 Å². The molecule has 0 saturated heterocycles. The van der Waals surface area contributed by atoms with E-state index < -0.39 is 4.92 Å². The maximum absolute atomic E-state index is 10.3. The van der Waals surface area contributed by atoms with Crippen molar-refractivity contribution >= 4 is 27.9 Å². The Balaban J connectivity index is 3.23. The summed E-state index contributed by atoms with van der Waals surface area (Å²) in [6.07, 6.45) is 0.456. The van der Waals surface area contributed by atoms with Crippen molar-refractivity contribution in [2.24, 2.45) is 0 Å². The molecule has 0 radical (unpaired) electrons. The van der Waals surface area contributed by atoms with Crippen LogP contribution in [-0.2, 0) is 0 Å². The molecule has 1 heterocycles. The Bertz CT molecular complexity index is 340. The summed E-state index contributed by atoms with van der Waals surface area (Å²) in [6.45, 7) is 0. The molecule has 6 heteroatoms. The highest BCUT2D eigenvalue weighted by Gasteiger charge is 2.08. The van der Waals surface area contributed by atoms with E-state index in [2.05, 4.69) is 20.9 Å². The SMILES string of the molecule is O=Cc1cc([N+](=O)[O-])cc(Br)n1. The largest absolute Gasteiger partial charge is 0.296 e. The zero-order valence-electron chi connectivity index (χ0n) is 5.73. The number of carbonyl (C=O) groups excluding carboxylic acids is 1. The molecule has 0 saturated carbocycles. The van der Waals surface area contributed by atoms with Crippen LogP contribution in [0.25, 0.3) is 0 Å².